The fraction of sp³-hybridized carbons (Fsp3) is 0.0909. The Morgan fingerprint density at radius 2 is 1.89 bits per heavy atom. The van der Waals surface area contributed by atoms with E-state index in [1.54, 1.807) is 0 Å². The molecule has 0 aliphatic heterocycles. The molecule has 1 heterocycles. The van der Waals surface area contributed by atoms with Crippen molar-refractivity contribution in [2.24, 2.45) is 0 Å². The van der Waals surface area contributed by atoms with Gasteiger partial charge in [0.15, 0.2) is 0 Å². The molecule has 0 aliphatic carbocycles. The van der Waals surface area contributed by atoms with E-state index in [1.165, 1.54) is 12.4 Å². The predicted octanol–water partition coefficient (Wildman–Crippen LogP) is 2.68. The van der Waals surface area contributed by atoms with E-state index >= 15 is 0 Å². The zero-order chi connectivity index (χ0) is 13.2. The maximum absolute atomic E-state index is 12.3. The lowest BCUT2D eigenvalue weighted by Crippen LogP contribution is -2.12. The molecule has 0 saturated heterocycles. The molecule has 0 fully saturated rings. The summed E-state index contributed by atoms with van der Waals surface area (Å²) in [4.78, 5) is 11.6. The van der Waals surface area contributed by atoms with Crippen molar-refractivity contribution in [1.82, 2.24) is 10.2 Å². The summed E-state index contributed by atoms with van der Waals surface area (Å²) in [5, 5.41) is 8.61. The smallest absolute Gasteiger partial charge is 0.319 e. The van der Waals surface area contributed by atoms with Gasteiger partial charge in [-0.25, -0.2) is 0 Å². The number of nitrogens with one attached hydrogen (secondary N) is 2. The van der Waals surface area contributed by atoms with E-state index in [1.807, 2.05) is 0 Å². The van der Waals surface area contributed by atoms with E-state index in [-0.39, 0.29) is 5.56 Å². The number of aromatic nitrogens is 2. The first-order chi connectivity index (χ1) is 8.47. The van der Waals surface area contributed by atoms with E-state index in [2.05, 4.69) is 15.5 Å². The quantitative estimate of drug-likeness (QED) is 0.866. The normalized spacial score (nSPS) is 11.3. The molecule has 0 atom stereocenters. The van der Waals surface area contributed by atoms with Crippen molar-refractivity contribution in [2.75, 3.05) is 5.32 Å². The number of rotatable bonds is 2. The van der Waals surface area contributed by atoms with Gasteiger partial charge in [0.1, 0.15) is 0 Å². The van der Waals surface area contributed by atoms with E-state index < -0.39 is 17.6 Å². The topological polar surface area (TPSA) is 57.8 Å². The Morgan fingerprint density at radius 3 is 2.39 bits per heavy atom. The van der Waals surface area contributed by atoms with Gasteiger partial charge in [0.2, 0.25) is 0 Å². The summed E-state index contributed by atoms with van der Waals surface area (Å²) in [5.41, 5.74) is -0.202. The Bertz CT molecular complexity index is 532. The van der Waals surface area contributed by atoms with Crippen LogP contribution in [0, 0.1) is 0 Å². The summed E-state index contributed by atoms with van der Waals surface area (Å²) in [6.07, 6.45) is -1.55. The third-order valence-corrected chi connectivity index (χ3v) is 2.23. The minimum absolute atomic E-state index is 0.143. The van der Waals surface area contributed by atoms with Gasteiger partial charge in [0.05, 0.1) is 17.4 Å². The minimum Gasteiger partial charge on any atom is -0.319 e. The second-order valence-electron chi connectivity index (χ2n) is 3.52. The Balaban J connectivity index is 2.12. The number of carbonyl (C=O) groups is 1. The highest BCUT2D eigenvalue weighted by atomic mass is 19.4. The number of amides is 1. The zero-order valence-electron chi connectivity index (χ0n) is 8.95. The van der Waals surface area contributed by atoms with Crippen molar-refractivity contribution in [3.8, 4) is 0 Å². The average Bonchev–Trinajstić information content (AvgIpc) is 2.81. The molecule has 2 rings (SSSR count). The summed E-state index contributed by atoms with van der Waals surface area (Å²) in [5.74, 6) is -0.495. The van der Waals surface area contributed by atoms with Crippen LogP contribution >= 0.6 is 0 Å². The first-order valence-electron chi connectivity index (χ1n) is 4.94. The largest absolute Gasteiger partial charge is 0.416 e. The molecule has 1 amide bonds. The number of carbonyl (C=O) groups excluding carboxylic acids is 1. The van der Waals surface area contributed by atoms with Crippen LogP contribution in [0.4, 0.5) is 18.9 Å². The second kappa shape index (κ2) is 4.52. The second-order valence-corrected chi connectivity index (χ2v) is 3.52. The maximum atomic E-state index is 12.3. The zero-order valence-corrected chi connectivity index (χ0v) is 8.95. The van der Waals surface area contributed by atoms with Crippen molar-refractivity contribution in [3.05, 3.63) is 47.8 Å². The molecular weight excluding hydrogens is 247 g/mol. The fourth-order valence-corrected chi connectivity index (χ4v) is 1.33. The number of anilines is 1. The Kier molecular flexibility index (Phi) is 3.05. The van der Waals surface area contributed by atoms with Gasteiger partial charge in [-0.05, 0) is 24.3 Å². The van der Waals surface area contributed by atoms with E-state index in [0.29, 0.717) is 5.69 Å². The summed E-state index contributed by atoms with van der Waals surface area (Å²) < 4.78 is 36.9. The summed E-state index contributed by atoms with van der Waals surface area (Å²) in [6, 6.07) is 3.98. The Morgan fingerprint density at radius 1 is 1.22 bits per heavy atom. The number of benzene rings is 1. The molecule has 0 spiro atoms. The third-order valence-electron chi connectivity index (χ3n) is 2.23. The first kappa shape index (κ1) is 12.2. The number of hydrogen-bond donors (Lipinski definition) is 2. The van der Waals surface area contributed by atoms with Gasteiger partial charge in [-0.1, -0.05) is 0 Å². The molecule has 1 aromatic carbocycles. The van der Waals surface area contributed by atoms with E-state index in [4.69, 9.17) is 0 Å². The summed E-state index contributed by atoms with van der Waals surface area (Å²) in [7, 11) is 0. The van der Waals surface area contributed by atoms with E-state index in [0.717, 1.165) is 24.3 Å². The average molecular weight is 255 g/mol. The van der Waals surface area contributed by atoms with Gasteiger partial charge in [-0.15, -0.1) is 0 Å². The van der Waals surface area contributed by atoms with Crippen LogP contribution in [0.3, 0.4) is 0 Å². The lowest BCUT2D eigenvalue weighted by Gasteiger charge is -2.07. The minimum atomic E-state index is -4.40. The van der Waals surface area contributed by atoms with Crippen molar-refractivity contribution in [3.63, 3.8) is 0 Å². The van der Waals surface area contributed by atoms with Gasteiger partial charge >= 0.3 is 6.18 Å². The van der Waals surface area contributed by atoms with Crippen molar-refractivity contribution in [1.29, 1.82) is 0 Å². The van der Waals surface area contributed by atoms with Crippen molar-refractivity contribution >= 4 is 11.6 Å². The molecule has 0 radical (unpaired) electrons. The highest BCUT2D eigenvalue weighted by Crippen LogP contribution is 2.29. The number of alkyl halides is 3. The molecule has 2 aromatic rings. The SMILES string of the molecule is O=C(Nc1cn[nH]c1)c1ccc(C(F)(F)F)cc1. The monoisotopic (exact) mass is 255 g/mol. The van der Waals surface area contributed by atoms with Crippen LogP contribution in [0.25, 0.3) is 0 Å². The molecule has 4 nitrogen and oxygen atoms in total. The molecule has 0 bridgehead atoms. The molecule has 0 aliphatic rings. The standard InChI is InChI=1S/C11H8F3N3O/c12-11(13,14)8-3-1-7(2-4-8)10(18)17-9-5-15-16-6-9/h1-6H,(H,15,16)(H,17,18). The molecular formula is C11H8F3N3O. The molecule has 0 unspecified atom stereocenters. The lowest BCUT2D eigenvalue weighted by molar-refractivity contribution is -0.137. The first-order valence-corrected chi connectivity index (χ1v) is 4.94. The molecule has 18 heavy (non-hydrogen) atoms. The lowest BCUT2D eigenvalue weighted by atomic mass is 10.1. The Hall–Kier alpha value is -2.31. The van der Waals surface area contributed by atoms with Gasteiger partial charge in [0, 0.05) is 11.8 Å². The van der Waals surface area contributed by atoms with Crippen LogP contribution in [-0.2, 0) is 6.18 Å². The van der Waals surface area contributed by atoms with Crippen LogP contribution in [-0.4, -0.2) is 16.1 Å². The number of H-pyrrole nitrogens is 1. The van der Waals surface area contributed by atoms with Crippen molar-refractivity contribution < 1.29 is 18.0 Å². The van der Waals surface area contributed by atoms with Gasteiger partial charge < -0.3 is 5.32 Å². The van der Waals surface area contributed by atoms with Gasteiger partial charge in [-0.3, -0.25) is 9.89 Å². The molecule has 1 aromatic heterocycles. The molecule has 7 heteroatoms. The van der Waals surface area contributed by atoms with Gasteiger partial charge in [0.25, 0.3) is 5.91 Å². The fourth-order valence-electron chi connectivity index (χ4n) is 1.33. The highest BCUT2D eigenvalue weighted by Gasteiger charge is 2.30. The highest BCUT2D eigenvalue weighted by molar-refractivity contribution is 6.04. The Labute approximate surface area is 99.8 Å². The van der Waals surface area contributed by atoms with Crippen molar-refractivity contribution in [2.45, 2.75) is 6.18 Å². The van der Waals surface area contributed by atoms with Crippen LogP contribution < -0.4 is 5.32 Å². The van der Waals surface area contributed by atoms with Crippen LogP contribution in [0.15, 0.2) is 36.7 Å². The van der Waals surface area contributed by atoms with Crippen LogP contribution in [0.2, 0.25) is 0 Å². The molecule has 94 valence electrons. The summed E-state index contributed by atoms with van der Waals surface area (Å²) in [6.45, 7) is 0. The maximum Gasteiger partial charge on any atom is 0.416 e. The summed E-state index contributed by atoms with van der Waals surface area (Å²) >= 11 is 0. The van der Waals surface area contributed by atoms with Gasteiger partial charge in [-0.2, -0.15) is 18.3 Å². The number of nitrogens with zero attached hydrogens (tertiary/aromatic N) is 1. The number of aromatic amines is 1. The third kappa shape index (κ3) is 2.68. The van der Waals surface area contributed by atoms with Crippen LogP contribution in [0.1, 0.15) is 15.9 Å². The number of hydrogen-bond acceptors (Lipinski definition) is 2. The molecule has 0 saturated carbocycles. The van der Waals surface area contributed by atoms with Crippen LogP contribution in [0.5, 0.6) is 0 Å². The molecule has 2 N–H and O–H groups in total. The number of halogens is 3. The predicted molar refractivity (Wildman–Crippen MR) is 58.0 cm³/mol. The van der Waals surface area contributed by atoms with E-state index in [9.17, 15) is 18.0 Å².